The smallest absolute Gasteiger partial charge is 0.220 e. The van der Waals surface area contributed by atoms with Gasteiger partial charge in [0.05, 0.1) is 23.5 Å². The van der Waals surface area contributed by atoms with Crippen molar-refractivity contribution in [1.29, 1.82) is 0 Å². The second kappa shape index (κ2) is 8.35. The summed E-state index contributed by atoms with van der Waals surface area (Å²) in [5.74, 6) is 0.0967. The zero-order chi connectivity index (χ0) is 18.5. The largest absolute Gasteiger partial charge is 0.378 e. The lowest BCUT2D eigenvalue weighted by Crippen LogP contribution is -2.23. The first kappa shape index (κ1) is 17.7. The van der Waals surface area contributed by atoms with Gasteiger partial charge >= 0.3 is 0 Å². The molecule has 2 aromatic carbocycles. The van der Waals surface area contributed by atoms with Crippen LogP contribution in [-0.4, -0.2) is 28.2 Å². The van der Waals surface area contributed by atoms with Gasteiger partial charge in [0.15, 0.2) is 0 Å². The Hall–Kier alpha value is -2.66. The molecule has 27 heavy (non-hydrogen) atoms. The number of benzene rings is 2. The fraction of sp³-hybridized carbons (Fsp3) is 0.364. The topological polar surface area (TPSA) is 56.1 Å². The number of ether oxygens (including phenoxy) is 1. The van der Waals surface area contributed by atoms with Crippen LogP contribution in [0.1, 0.15) is 36.8 Å². The number of carbonyl (C=O) groups excluding carboxylic acids is 1. The Morgan fingerprint density at radius 2 is 1.96 bits per heavy atom. The van der Waals surface area contributed by atoms with Crippen LogP contribution in [0.25, 0.3) is 11.0 Å². The first-order valence-corrected chi connectivity index (χ1v) is 9.64. The van der Waals surface area contributed by atoms with Crippen molar-refractivity contribution in [2.45, 2.75) is 44.9 Å². The molecule has 1 N–H and O–H groups in total. The number of hydrogen-bond donors (Lipinski definition) is 1. The molecule has 0 bridgehead atoms. The van der Waals surface area contributed by atoms with Gasteiger partial charge in [0.2, 0.25) is 5.91 Å². The number of amides is 1. The van der Waals surface area contributed by atoms with Gasteiger partial charge in [-0.15, -0.1) is 0 Å². The number of nitrogens with one attached hydrogen (secondary N) is 1. The van der Waals surface area contributed by atoms with Gasteiger partial charge in [0.1, 0.15) is 0 Å². The van der Waals surface area contributed by atoms with Crippen LogP contribution in [0.2, 0.25) is 0 Å². The average molecular weight is 363 g/mol. The zero-order valence-corrected chi connectivity index (χ0v) is 15.4. The predicted octanol–water partition coefficient (Wildman–Crippen LogP) is 3.66. The number of hydrogen-bond acceptors (Lipinski definition) is 3. The summed E-state index contributed by atoms with van der Waals surface area (Å²) < 4.78 is 7.71. The molecule has 1 amide bonds. The molecule has 1 aromatic heterocycles. The Morgan fingerprint density at radius 1 is 1.15 bits per heavy atom. The monoisotopic (exact) mass is 363 g/mol. The molecule has 0 aliphatic carbocycles. The van der Waals surface area contributed by atoms with Gasteiger partial charge in [0.25, 0.3) is 0 Å². The summed E-state index contributed by atoms with van der Waals surface area (Å²) in [7, 11) is 0. The van der Waals surface area contributed by atoms with Crippen LogP contribution in [0, 0.1) is 0 Å². The Kier molecular flexibility index (Phi) is 5.49. The third kappa shape index (κ3) is 4.55. The van der Waals surface area contributed by atoms with E-state index in [1.54, 1.807) is 0 Å². The van der Waals surface area contributed by atoms with Crippen molar-refractivity contribution in [1.82, 2.24) is 14.9 Å². The first-order chi connectivity index (χ1) is 13.3. The Balaban J connectivity index is 1.27. The maximum atomic E-state index is 12.0. The summed E-state index contributed by atoms with van der Waals surface area (Å²) in [6, 6.07) is 16.5. The lowest BCUT2D eigenvalue weighted by molar-refractivity contribution is -0.121. The molecular formula is C22H25N3O2. The lowest BCUT2D eigenvalue weighted by Gasteiger charge is -2.10. The van der Waals surface area contributed by atoms with Crippen LogP contribution in [0.3, 0.4) is 0 Å². The van der Waals surface area contributed by atoms with E-state index in [-0.39, 0.29) is 12.0 Å². The molecule has 1 fully saturated rings. The maximum absolute atomic E-state index is 12.0. The molecule has 0 spiro atoms. The molecule has 0 saturated carbocycles. The van der Waals surface area contributed by atoms with E-state index in [1.165, 1.54) is 5.56 Å². The SMILES string of the molecule is O=C(CCC1CCCO1)NCc1ccc(Cn2cnc3ccccc32)cc1. The van der Waals surface area contributed by atoms with Crippen molar-refractivity contribution >= 4 is 16.9 Å². The summed E-state index contributed by atoms with van der Waals surface area (Å²) in [6.45, 7) is 2.20. The van der Waals surface area contributed by atoms with Crippen LogP contribution >= 0.6 is 0 Å². The highest BCUT2D eigenvalue weighted by Crippen LogP contribution is 2.17. The number of aromatic nitrogens is 2. The predicted molar refractivity (Wildman–Crippen MR) is 105 cm³/mol. The third-order valence-corrected chi connectivity index (χ3v) is 5.11. The first-order valence-electron chi connectivity index (χ1n) is 9.64. The fourth-order valence-corrected chi connectivity index (χ4v) is 3.55. The van der Waals surface area contributed by atoms with Crippen molar-refractivity contribution in [2.75, 3.05) is 6.61 Å². The number of nitrogens with zero attached hydrogens (tertiary/aromatic N) is 2. The molecule has 4 rings (SSSR count). The summed E-state index contributed by atoms with van der Waals surface area (Å²) in [5.41, 5.74) is 4.48. The van der Waals surface area contributed by atoms with Gasteiger partial charge in [-0.1, -0.05) is 36.4 Å². The highest BCUT2D eigenvalue weighted by atomic mass is 16.5. The van der Waals surface area contributed by atoms with Crippen molar-refractivity contribution in [3.05, 3.63) is 66.0 Å². The molecular weight excluding hydrogens is 338 g/mol. The number of carbonyl (C=O) groups is 1. The van der Waals surface area contributed by atoms with E-state index in [4.69, 9.17) is 4.74 Å². The van der Waals surface area contributed by atoms with Gasteiger partial charge in [-0.2, -0.15) is 0 Å². The molecule has 2 heterocycles. The highest BCUT2D eigenvalue weighted by molar-refractivity contribution is 5.76. The van der Waals surface area contributed by atoms with Crippen molar-refractivity contribution in [3.8, 4) is 0 Å². The summed E-state index contributed by atoms with van der Waals surface area (Å²) in [5, 5.41) is 3.00. The second-order valence-electron chi connectivity index (χ2n) is 7.13. The van der Waals surface area contributed by atoms with E-state index in [1.807, 2.05) is 24.5 Å². The molecule has 140 valence electrons. The standard InChI is InChI=1S/C22H25N3O2/c26-22(12-11-19-4-3-13-27-19)23-14-17-7-9-18(10-8-17)15-25-16-24-20-5-1-2-6-21(20)25/h1-2,5-10,16,19H,3-4,11-15H2,(H,23,26). The van der Waals surface area contributed by atoms with Crippen molar-refractivity contribution in [3.63, 3.8) is 0 Å². The lowest BCUT2D eigenvalue weighted by atomic mass is 10.1. The highest BCUT2D eigenvalue weighted by Gasteiger charge is 2.16. The van der Waals surface area contributed by atoms with Crippen LogP contribution in [0.4, 0.5) is 0 Å². The van der Waals surface area contributed by atoms with Crippen LogP contribution in [0.5, 0.6) is 0 Å². The van der Waals surface area contributed by atoms with Crippen molar-refractivity contribution in [2.24, 2.45) is 0 Å². The minimum Gasteiger partial charge on any atom is -0.378 e. The van der Waals surface area contributed by atoms with E-state index in [2.05, 4.69) is 45.2 Å². The Bertz CT molecular complexity index is 895. The molecule has 1 atom stereocenters. The fourth-order valence-electron chi connectivity index (χ4n) is 3.55. The minimum atomic E-state index is 0.0967. The Labute approximate surface area is 159 Å². The normalized spacial score (nSPS) is 16.7. The molecule has 1 aliphatic heterocycles. The molecule has 1 saturated heterocycles. The molecule has 3 aromatic rings. The quantitative estimate of drug-likeness (QED) is 0.697. The zero-order valence-electron chi connectivity index (χ0n) is 15.4. The summed E-state index contributed by atoms with van der Waals surface area (Å²) in [4.78, 5) is 16.4. The van der Waals surface area contributed by atoms with Gasteiger partial charge < -0.3 is 14.6 Å². The van der Waals surface area contributed by atoms with Crippen LogP contribution in [-0.2, 0) is 22.6 Å². The molecule has 5 heteroatoms. The molecule has 0 radical (unpaired) electrons. The number of rotatable bonds is 7. The number of fused-ring (bicyclic) bond motifs is 1. The Morgan fingerprint density at radius 3 is 2.78 bits per heavy atom. The van der Waals surface area contributed by atoms with Gasteiger partial charge in [-0.25, -0.2) is 4.98 Å². The van der Waals surface area contributed by atoms with Crippen molar-refractivity contribution < 1.29 is 9.53 Å². The summed E-state index contributed by atoms with van der Waals surface area (Å²) in [6.07, 6.45) is 5.72. The van der Waals surface area contributed by atoms with Gasteiger partial charge in [-0.05, 0) is 42.5 Å². The van der Waals surface area contributed by atoms with E-state index in [0.29, 0.717) is 13.0 Å². The van der Waals surface area contributed by atoms with Crippen LogP contribution < -0.4 is 5.32 Å². The minimum absolute atomic E-state index is 0.0967. The molecule has 5 nitrogen and oxygen atoms in total. The third-order valence-electron chi connectivity index (χ3n) is 5.11. The van der Waals surface area contributed by atoms with Gasteiger partial charge in [0, 0.05) is 26.1 Å². The molecule has 1 aliphatic rings. The number of para-hydroxylation sites is 2. The molecule has 1 unspecified atom stereocenters. The van der Waals surface area contributed by atoms with Crippen LogP contribution in [0.15, 0.2) is 54.9 Å². The van der Waals surface area contributed by atoms with E-state index >= 15 is 0 Å². The summed E-state index contributed by atoms with van der Waals surface area (Å²) >= 11 is 0. The average Bonchev–Trinajstić information content (AvgIpc) is 3.36. The second-order valence-corrected chi connectivity index (χ2v) is 7.13. The van der Waals surface area contributed by atoms with E-state index < -0.39 is 0 Å². The van der Waals surface area contributed by atoms with Gasteiger partial charge in [-0.3, -0.25) is 4.79 Å². The van der Waals surface area contributed by atoms with E-state index in [9.17, 15) is 4.79 Å². The number of imidazole rings is 1. The van der Waals surface area contributed by atoms with E-state index in [0.717, 1.165) is 49.0 Å². The maximum Gasteiger partial charge on any atom is 0.220 e.